The van der Waals surface area contributed by atoms with Crippen molar-refractivity contribution >= 4 is 11.5 Å². The number of ether oxygens (including phenoxy) is 1. The maximum absolute atomic E-state index is 12.0. The van der Waals surface area contributed by atoms with Gasteiger partial charge in [-0.2, -0.15) is 0 Å². The molecule has 0 bridgehead atoms. The first-order valence-corrected chi connectivity index (χ1v) is 7.49. The summed E-state index contributed by atoms with van der Waals surface area (Å²) in [6.07, 6.45) is 5.80. The van der Waals surface area contributed by atoms with Gasteiger partial charge in [0.15, 0.2) is 5.78 Å². The van der Waals surface area contributed by atoms with Crippen molar-refractivity contribution in [1.82, 2.24) is 0 Å². The first-order chi connectivity index (χ1) is 10.1. The fourth-order valence-corrected chi connectivity index (χ4v) is 2.81. The van der Waals surface area contributed by atoms with Gasteiger partial charge in [-0.3, -0.25) is 14.9 Å². The maximum atomic E-state index is 12.0. The van der Waals surface area contributed by atoms with Gasteiger partial charge < -0.3 is 4.74 Å². The zero-order valence-electron chi connectivity index (χ0n) is 12.3. The van der Waals surface area contributed by atoms with E-state index in [1.165, 1.54) is 30.7 Å². The highest BCUT2D eigenvalue weighted by molar-refractivity contribution is 5.97. The number of nitro benzene ring substituents is 1. The average molecular weight is 291 g/mol. The standard InChI is InChI=1S/C16H21NO4/c1-2-12-4-3-5-15(10-12)21-11-16(18)13-6-8-14(9-7-13)17(19)20/h6-9,12,15H,2-5,10-11H2,1H3. The highest BCUT2D eigenvalue weighted by Crippen LogP contribution is 2.28. The first kappa shape index (κ1) is 15.6. The highest BCUT2D eigenvalue weighted by atomic mass is 16.6. The minimum atomic E-state index is -0.475. The predicted octanol–water partition coefficient (Wildman–Crippen LogP) is 3.76. The number of rotatable bonds is 6. The Morgan fingerprint density at radius 1 is 1.33 bits per heavy atom. The molecule has 1 saturated carbocycles. The molecular formula is C16H21NO4. The van der Waals surface area contributed by atoms with Gasteiger partial charge in [0.25, 0.3) is 5.69 Å². The second-order valence-electron chi connectivity index (χ2n) is 5.60. The van der Waals surface area contributed by atoms with E-state index in [1.807, 2.05) is 0 Å². The summed E-state index contributed by atoms with van der Waals surface area (Å²) < 4.78 is 5.73. The van der Waals surface area contributed by atoms with Crippen LogP contribution >= 0.6 is 0 Å². The van der Waals surface area contributed by atoms with Gasteiger partial charge in [0, 0.05) is 17.7 Å². The lowest BCUT2D eigenvalue weighted by Gasteiger charge is -2.28. The molecule has 0 spiro atoms. The Hall–Kier alpha value is -1.75. The fourth-order valence-electron chi connectivity index (χ4n) is 2.81. The molecule has 1 aliphatic rings. The van der Waals surface area contributed by atoms with Crippen LogP contribution in [-0.2, 0) is 4.74 Å². The summed E-state index contributed by atoms with van der Waals surface area (Å²) in [7, 11) is 0. The van der Waals surface area contributed by atoms with Crippen LogP contribution in [0, 0.1) is 16.0 Å². The molecule has 2 unspecified atom stereocenters. The van der Waals surface area contributed by atoms with E-state index in [1.54, 1.807) is 0 Å². The number of hydrogen-bond donors (Lipinski definition) is 0. The minimum absolute atomic E-state index is 0.00876. The van der Waals surface area contributed by atoms with Gasteiger partial charge in [-0.15, -0.1) is 0 Å². The van der Waals surface area contributed by atoms with E-state index in [9.17, 15) is 14.9 Å². The van der Waals surface area contributed by atoms with E-state index in [4.69, 9.17) is 4.74 Å². The van der Waals surface area contributed by atoms with Gasteiger partial charge in [0.2, 0.25) is 0 Å². The summed E-state index contributed by atoms with van der Waals surface area (Å²) in [4.78, 5) is 22.1. The quantitative estimate of drug-likeness (QED) is 0.454. The molecule has 5 nitrogen and oxygen atoms in total. The van der Waals surface area contributed by atoms with Crippen molar-refractivity contribution < 1.29 is 14.5 Å². The summed E-state index contributed by atoms with van der Waals surface area (Å²) >= 11 is 0. The number of nitrogens with zero attached hydrogens (tertiary/aromatic N) is 1. The van der Waals surface area contributed by atoms with Crippen LogP contribution in [0.1, 0.15) is 49.4 Å². The summed E-state index contributed by atoms with van der Waals surface area (Å²) in [5.74, 6) is 0.585. The van der Waals surface area contributed by atoms with Gasteiger partial charge in [0.05, 0.1) is 11.0 Å². The number of non-ortho nitro benzene ring substituents is 1. The summed E-state index contributed by atoms with van der Waals surface area (Å²) in [6.45, 7) is 2.24. The Bertz CT molecular complexity index is 498. The monoisotopic (exact) mass is 291 g/mol. The van der Waals surface area contributed by atoms with E-state index in [0.29, 0.717) is 11.5 Å². The normalized spacial score (nSPS) is 22.0. The summed E-state index contributed by atoms with van der Waals surface area (Å²) in [6, 6.07) is 5.67. The van der Waals surface area contributed by atoms with Crippen LogP contribution in [0.15, 0.2) is 24.3 Å². The van der Waals surface area contributed by atoms with Crippen LogP contribution in [0.2, 0.25) is 0 Å². The average Bonchev–Trinajstić information content (AvgIpc) is 2.53. The Labute approximate surface area is 124 Å². The third-order valence-electron chi connectivity index (χ3n) is 4.16. The molecule has 2 rings (SSSR count). The molecule has 1 fully saturated rings. The smallest absolute Gasteiger partial charge is 0.269 e. The van der Waals surface area contributed by atoms with Crippen molar-refractivity contribution in [1.29, 1.82) is 0 Å². The molecule has 1 aliphatic carbocycles. The largest absolute Gasteiger partial charge is 0.370 e. The molecule has 1 aromatic carbocycles. The van der Waals surface area contributed by atoms with Gasteiger partial charge in [-0.05, 0) is 30.9 Å². The van der Waals surface area contributed by atoms with Gasteiger partial charge in [-0.1, -0.05) is 26.2 Å². The molecule has 1 aromatic rings. The maximum Gasteiger partial charge on any atom is 0.269 e. The van der Waals surface area contributed by atoms with Crippen molar-refractivity contribution in [2.24, 2.45) is 5.92 Å². The number of carbonyl (C=O) groups excluding carboxylic acids is 1. The lowest BCUT2D eigenvalue weighted by Crippen LogP contribution is -2.25. The Morgan fingerprint density at radius 2 is 2.05 bits per heavy atom. The SMILES string of the molecule is CCC1CCCC(OCC(=O)c2ccc([N+](=O)[O-])cc2)C1. The second kappa shape index (κ2) is 7.31. The number of ketones is 1. The van der Waals surface area contributed by atoms with Crippen LogP contribution in [0.3, 0.4) is 0 Å². The topological polar surface area (TPSA) is 69.4 Å². The molecule has 21 heavy (non-hydrogen) atoms. The number of hydrogen-bond acceptors (Lipinski definition) is 4. The number of nitro groups is 1. The van der Waals surface area contributed by atoms with E-state index >= 15 is 0 Å². The molecule has 0 heterocycles. The molecule has 0 N–H and O–H groups in total. The zero-order chi connectivity index (χ0) is 15.2. The fraction of sp³-hybridized carbons (Fsp3) is 0.562. The predicted molar refractivity (Wildman–Crippen MR) is 79.4 cm³/mol. The highest BCUT2D eigenvalue weighted by Gasteiger charge is 2.22. The molecule has 114 valence electrons. The van der Waals surface area contributed by atoms with Gasteiger partial charge in [-0.25, -0.2) is 0 Å². The molecule has 5 heteroatoms. The van der Waals surface area contributed by atoms with Gasteiger partial charge in [0.1, 0.15) is 6.61 Å². The second-order valence-corrected chi connectivity index (χ2v) is 5.60. The molecular weight excluding hydrogens is 270 g/mol. The number of Topliss-reactive ketones (excluding diaryl/α,β-unsaturated/α-hetero) is 1. The van der Waals surface area contributed by atoms with Crippen molar-refractivity contribution in [3.63, 3.8) is 0 Å². The lowest BCUT2D eigenvalue weighted by atomic mass is 9.85. The molecule has 2 atom stereocenters. The van der Waals surface area contributed by atoms with Crippen LogP contribution in [0.4, 0.5) is 5.69 Å². The molecule has 0 aliphatic heterocycles. The zero-order valence-corrected chi connectivity index (χ0v) is 12.3. The third kappa shape index (κ3) is 4.36. The van der Waals surface area contributed by atoms with Crippen molar-refractivity contribution in [3.05, 3.63) is 39.9 Å². The van der Waals surface area contributed by atoms with E-state index < -0.39 is 4.92 Å². The first-order valence-electron chi connectivity index (χ1n) is 7.49. The number of carbonyl (C=O) groups is 1. The van der Waals surface area contributed by atoms with Crippen molar-refractivity contribution in [2.45, 2.75) is 45.1 Å². The van der Waals surface area contributed by atoms with Crippen molar-refractivity contribution in [3.8, 4) is 0 Å². The summed E-state index contributed by atoms with van der Waals surface area (Å²) in [5.41, 5.74) is 0.453. The van der Waals surface area contributed by atoms with E-state index in [0.717, 1.165) is 25.7 Å². The summed E-state index contributed by atoms with van der Waals surface area (Å²) in [5, 5.41) is 10.6. The van der Waals surface area contributed by atoms with Crippen LogP contribution in [-0.4, -0.2) is 23.4 Å². The molecule has 0 radical (unpaired) electrons. The Balaban J connectivity index is 1.85. The molecule has 0 saturated heterocycles. The van der Waals surface area contributed by atoms with Gasteiger partial charge >= 0.3 is 0 Å². The Kier molecular flexibility index (Phi) is 5.44. The molecule has 0 amide bonds. The minimum Gasteiger partial charge on any atom is -0.370 e. The Morgan fingerprint density at radius 3 is 2.67 bits per heavy atom. The van der Waals surface area contributed by atoms with Crippen LogP contribution in [0.5, 0.6) is 0 Å². The lowest BCUT2D eigenvalue weighted by molar-refractivity contribution is -0.384. The van der Waals surface area contributed by atoms with Crippen LogP contribution < -0.4 is 0 Å². The van der Waals surface area contributed by atoms with E-state index in [-0.39, 0.29) is 24.2 Å². The molecule has 0 aromatic heterocycles. The number of benzene rings is 1. The van der Waals surface area contributed by atoms with Crippen molar-refractivity contribution in [2.75, 3.05) is 6.61 Å². The van der Waals surface area contributed by atoms with Crippen LogP contribution in [0.25, 0.3) is 0 Å². The third-order valence-corrected chi connectivity index (χ3v) is 4.16. The van der Waals surface area contributed by atoms with E-state index in [2.05, 4.69) is 6.92 Å².